The first-order valence-electron chi connectivity index (χ1n) is 11.7. The highest BCUT2D eigenvalue weighted by Crippen LogP contribution is 2.48. The summed E-state index contributed by atoms with van der Waals surface area (Å²) in [6.07, 6.45) is 0. The van der Waals surface area contributed by atoms with Gasteiger partial charge < -0.3 is 19.1 Å². The number of rotatable bonds is 7. The highest BCUT2D eigenvalue weighted by atomic mass is 35.5. The van der Waals surface area contributed by atoms with E-state index in [1.54, 1.807) is 30.3 Å². The summed E-state index contributed by atoms with van der Waals surface area (Å²) in [5, 5.41) is 11.7. The van der Waals surface area contributed by atoms with Gasteiger partial charge >= 0.3 is 0 Å². The van der Waals surface area contributed by atoms with Crippen LogP contribution in [0, 0.1) is 17.0 Å². The number of β-lactam (4-membered cyclic amide) rings is 1. The number of halogens is 1. The van der Waals surface area contributed by atoms with Gasteiger partial charge in [-0.3, -0.25) is 29.4 Å². The molecule has 0 N–H and O–H groups in total. The van der Waals surface area contributed by atoms with Crippen molar-refractivity contribution in [3.8, 4) is 17.2 Å². The molecule has 2 aliphatic heterocycles. The van der Waals surface area contributed by atoms with Crippen molar-refractivity contribution in [1.82, 2.24) is 4.90 Å². The molecule has 0 aliphatic carbocycles. The van der Waals surface area contributed by atoms with Crippen LogP contribution in [-0.2, 0) is 4.79 Å². The average molecular weight is 552 g/mol. The smallest absolute Gasteiger partial charge is 0.270 e. The van der Waals surface area contributed by atoms with E-state index in [-0.39, 0.29) is 16.8 Å². The zero-order chi connectivity index (χ0) is 28.2. The van der Waals surface area contributed by atoms with Crippen LogP contribution in [0.2, 0.25) is 5.02 Å². The molecule has 1 saturated heterocycles. The van der Waals surface area contributed by atoms with Gasteiger partial charge in [0, 0.05) is 22.8 Å². The van der Waals surface area contributed by atoms with E-state index < -0.39 is 34.7 Å². The highest BCUT2D eigenvalue weighted by Gasteiger charge is 2.57. The van der Waals surface area contributed by atoms with Gasteiger partial charge in [0.2, 0.25) is 5.75 Å². The molecule has 2 aliphatic rings. The van der Waals surface area contributed by atoms with Crippen LogP contribution in [0.15, 0.2) is 48.5 Å². The molecule has 3 amide bonds. The van der Waals surface area contributed by atoms with Crippen molar-refractivity contribution in [3.63, 3.8) is 0 Å². The van der Waals surface area contributed by atoms with E-state index in [1.807, 2.05) is 6.92 Å². The standard InChI is InChI=1S/C27H22ClN3O8/c1-13-5-6-15(12-19(13)28)29-22(14-9-20(37-2)24(39-4)21(10-14)38-3)23(27(29)34)30-25(32)17-8-7-16(31(35)36)11-18(17)26(30)33/h5-12,22-23H,1-4H3. The number of benzene rings is 3. The number of nitro benzene ring substituents is 1. The maximum atomic E-state index is 13.7. The molecule has 2 heterocycles. The lowest BCUT2D eigenvalue weighted by Crippen LogP contribution is -2.67. The first-order valence-corrected chi connectivity index (χ1v) is 12.1. The number of fused-ring (bicyclic) bond motifs is 1. The summed E-state index contributed by atoms with van der Waals surface area (Å²) >= 11 is 6.36. The van der Waals surface area contributed by atoms with Crippen molar-refractivity contribution in [3.05, 3.63) is 85.9 Å². The summed E-state index contributed by atoms with van der Waals surface area (Å²) < 4.78 is 16.4. The number of nitro groups is 1. The monoisotopic (exact) mass is 551 g/mol. The lowest BCUT2D eigenvalue weighted by atomic mass is 9.85. The van der Waals surface area contributed by atoms with E-state index in [4.69, 9.17) is 25.8 Å². The molecule has 5 rings (SSSR count). The Balaban J connectivity index is 1.65. The number of non-ortho nitro benzene ring substituents is 1. The number of methoxy groups -OCH3 is 3. The molecular formula is C27H22ClN3O8. The van der Waals surface area contributed by atoms with Crippen LogP contribution in [-0.4, -0.2) is 54.9 Å². The van der Waals surface area contributed by atoms with Gasteiger partial charge in [-0.05, 0) is 48.4 Å². The van der Waals surface area contributed by atoms with Gasteiger partial charge in [0.05, 0.1) is 43.4 Å². The molecule has 0 radical (unpaired) electrons. The molecule has 200 valence electrons. The van der Waals surface area contributed by atoms with E-state index in [9.17, 15) is 24.5 Å². The van der Waals surface area contributed by atoms with E-state index in [0.29, 0.717) is 33.5 Å². The Morgan fingerprint density at radius 1 is 0.821 bits per heavy atom. The van der Waals surface area contributed by atoms with Crippen LogP contribution in [0.4, 0.5) is 11.4 Å². The summed E-state index contributed by atoms with van der Waals surface area (Å²) in [6, 6.07) is 9.68. The summed E-state index contributed by atoms with van der Waals surface area (Å²) in [5.41, 5.74) is 1.26. The fraction of sp³-hybridized carbons (Fsp3) is 0.222. The highest BCUT2D eigenvalue weighted by molar-refractivity contribution is 6.32. The summed E-state index contributed by atoms with van der Waals surface area (Å²) in [7, 11) is 4.34. The van der Waals surface area contributed by atoms with Crippen LogP contribution in [0.1, 0.15) is 37.9 Å². The molecule has 39 heavy (non-hydrogen) atoms. The fourth-order valence-corrected chi connectivity index (χ4v) is 5.14. The van der Waals surface area contributed by atoms with Gasteiger partial charge in [-0.15, -0.1) is 0 Å². The second kappa shape index (κ2) is 9.59. The van der Waals surface area contributed by atoms with Gasteiger partial charge in [0.1, 0.15) is 6.04 Å². The van der Waals surface area contributed by atoms with E-state index in [2.05, 4.69) is 0 Å². The average Bonchev–Trinajstić information content (AvgIpc) is 3.17. The third-order valence-corrected chi connectivity index (χ3v) is 7.33. The zero-order valence-corrected chi connectivity index (χ0v) is 22.0. The summed E-state index contributed by atoms with van der Waals surface area (Å²) in [6.45, 7) is 1.82. The fourth-order valence-electron chi connectivity index (χ4n) is 4.96. The van der Waals surface area contributed by atoms with Crippen molar-refractivity contribution in [1.29, 1.82) is 0 Å². The first kappa shape index (κ1) is 26.0. The molecular weight excluding hydrogens is 530 g/mol. The molecule has 3 aromatic carbocycles. The maximum absolute atomic E-state index is 13.7. The number of carbonyl (C=O) groups is 3. The molecule has 0 bridgehead atoms. The SMILES string of the molecule is COc1cc(C2C(N3C(=O)c4ccc([N+](=O)[O-])cc4C3=O)C(=O)N2c2ccc(C)c(Cl)c2)cc(OC)c1OC. The Morgan fingerprint density at radius 3 is 2.03 bits per heavy atom. The van der Waals surface area contributed by atoms with E-state index in [1.165, 1.54) is 32.3 Å². The van der Waals surface area contributed by atoms with Gasteiger partial charge in [0.15, 0.2) is 11.5 Å². The van der Waals surface area contributed by atoms with Crippen LogP contribution in [0.25, 0.3) is 0 Å². The second-order valence-electron chi connectivity index (χ2n) is 8.96. The normalized spacial score (nSPS) is 18.1. The van der Waals surface area contributed by atoms with Gasteiger partial charge in [-0.1, -0.05) is 17.7 Å². The number of hydrogen-bond acceptors (Lipinski definition) is 8. The molecule has 3 aromatic rings. The number of carbonyl (C=O) groups excluding carboxylic acids is 3. The number of imide groups is 1. The molecule has 0 saturated carbocycles. The number of amides is 3. The quantitative estimate of drug-likeness (QED) is 0.184. The number of ether oxygens (including phenoxy) is 3. The molecule has 11 nitrogen and oxygen atoms in total. The van der Waals surface area contributed by atoms with Gasteiger partial charge in [-0.2, -0.15) is 0 Å². The minimum atomic E-state index is -1.25. The Labute approximate surface area is 227 Å². The predicted octanol–water partition coefficient (Wildman–Crippen LogP) is 4.34. The zero-order valence-electron chi connectivity index (χ0n) is 21.3. The molecule has 2 unspecified atom stereocenters. The number of aryl methyl sites for hydroxylation is 1. The summed E-state index contributed by atoms with van der Waals surface area (Å²) in [4.78, 5) is 53.5. The number of nitrogens with zero attached hydrogens (tertiary/aromatic N) is 3. The second-order valence-corrected chi connectivity index (χ2v) is 9.36. The number of hydrogen-bond donors (Lipinski definition) is 0. The first-order chi connectivity index (χ1) is 18.6. The predicted molar refractivity (Wildman–Crippen MR) is 140 cm³/mol. The molecule has 1 fully saturated rings. The summed E-state index contributed by atoms with van der Waals surface area (Å²) in [5.74, 6) is -1.10. The topological polar surface area (TPSA) is 129 Å². The van der Waals surface area contributed by atoms with Crippen molar-refractivity contribution in [2.75, 3.05) is 26.2 Å². The lowest BCUT2D eigenvalue weighted by molar-refractivity contribution is -0.384. The third kappa shape index (κ3) is 3.93. The Kier molecular flexibility index (Phi) is 6.39. The van der Waals surface area contributed by atoms with Crippen molar-refractivity contribution >= 4 is 40.7 Å². The van der Waals surface area contributed by atoms with E-state index >= 15 is 0 Å². The third-order valence-electron chi connectivity index (χ3n) is 6.92. The number of anilines is 1. The molecule has 0 spiro atoms. The molecule has 12 heteroatoms. The van der Waals surface area contributed by atoms with Crippen LogP contribution >= 0.6 is 11.6 Å². The van der Waals surface area contributed by atoms with Crippen LogP contribution in [0.5, 0.6) is 17.2 Å². The Morgan fingerprint density at radius 2 is 1.46 bits per heavy atom. The molecule has 0 aromatic heterocycles. The van der Waals surface area contributed by atoms with Crippen molar-refractivity contribution in [2.45, 2.75) is 19.0 Å². The van der Waals surface area contributed by atoms with Crippen molar-refractivity contribution in [2.24, 2.45) is 0 Å². The van der Waals surface area contributed by atoms with Gasteiger partial charge in [-0.25, -0.2) is 0 Å². The Hall–Kier alpha value is -4.64. The largest absolute Gasteiger partial charge is 0.493 e. The van der Waals surface area contributed by atoms with Gasteiger partial charge in [0.25, 0.3) is 23.4 Å². The molecule has 2 atom stereocenters. The maximum Gasteiger partial charge on any atom is 0.270 e. The van der Waals surface area contributed by atoms with Crippen LogP contribution in [0.3, 0.4) is 0 Å². The Bertz CT molecular complexity index is 1550. The lowest BCUT2D eigenvalue weighted by Gasteiger charge is -2.50. The minimum absolute atomic E-state index is 0.0149. The van der Waals surface area contributed by atoms with Crippen molar-refractivity contribution < 1.29 is 33.5 Å². The minimum Gasteiger partial charge on any atom is -0.493 e. The van der Waals surface area contributed by atoms with E-state index in [0.717, 1.165) is 22.6 Å². The van der Waals surface area contributed by atoms with Crippen LogP contribution < -0.4 is 19.1 Å².